The van der Waals surface area contributed by atoms with Crippen molar-refractivity contribution in [3.8, 4) is 0 Å². The number of benzene rings is 2. The monoisotopic (exact) mass is 268 g/mol. The zero-order chi connectivity index (χ0) is 13.9. The molecular formula is C17H20N2O. The summed E-state index contributed by atoms with van der Waals surface area (Å²) in [5.74, 6) is 0.167. The van der Waals surface area contributed by atoms with Crippen molar-refractivity contribution in [2.75, 3.05) is 6.54 Å². The molecule has 1 aliphatic heterocycles. The molecule has 2 aromatic rings. The van der Waals surface area contributed by atoms with Crippen LogP contribution in [-0.2, 0) is 4.79 Å². The fraction of sp³-hybridized carbons (Fsp3) is 0.353. The molecule has 2 unspecified atom stereocenters. The maximum atomic E-state index is 11.2. The molecule has 0 bridgehead atoms. The van der Waals surface area contributed by atoms with E-state index in [4.69, 9.17) is 0 Å². The molecule has 3 rings (SSSR count). The molecule has 2 aromatic carbocycles. The minimum absolute atomic E-state index is 0.167. The van der Waals surface area contributed by atoms with E-state index in [2.05, 4.69) is 60.0 Å². The van der Waals surface area contributed by atoms with Crippen LogP contribution in [0.2, 0.25) is 0 Å². The van der Waals surface area contributed by atoms with E-state index < -0.39 is 0 Å². The van der Waals surface area contributed by atoms with Crippen molar-refractivity contribution in [3.05, 3.63) is 48.0 Å². The first kappa shape index (κ1) is 13.1. The summed E-state index contributed by atoms with van der Waals surface area (Å²) in [6.07, 6.45) is 1.54. The highest BCUT2D eigenvalue weighted by Gasteiger charge is 2.20. The first-order chi connectivity index (χ1) is 9.74. The Morgan fingerprint density at radius 1 is 1.20 bits per heavy atom. The quantitative estimate of drug-likeness (QED) is 0.898. The smallest absolute Gasteiger partial charge is 0.220 e. The lowest BCUT2D eigenvalue weighted by Crippen LogP contribution is -2.46. The van der Waals surface area contributed by atoms with Crippen molar-refractivity contribution in [3.63, 3.8) is 0 Å². The number of hydrogen-bond acceptors (Lipinski definition) is 2. The number of piperidine rings is 1. The van der Waals surface area contributed by atoms with Crippen LogP contribution in [0.4, 0.5) is 0 Å². The number of amides is 1. The SMILES string of the molecule is CC(NC1CCC(=O)NC1)c1cccc2ccccc12. The Morgan fingerprint density at radius 2 is 2.00 bits per heavy atom. The Morgan fingerprint density at radius 3 is 2.80 bits per heavy atom. The topological polar surface area (TPSA) is 41.1 Å². The lowest BCUT2D eigenvalue weighted by atomic mass is 9.98. The van der Waals surface area contributed by atoms with Crippen molar-refractivity contribution < 1.29 is 4.79 Å². The molecule has 1 fully saturated rings. The lowest BCUT2D eigenvalue weighted by Gasteiger charge is -2.27. The van der Waals surface area contributed by atoms with Crippen LogP contribution in [0.1, 0.15) is 31.4 Å². The third-order valence-electron chi connectivity index (χ3n) is 4.04. The molecule has 20 heavy (non-hydrogen) atoms. The predicted molar refractivity (Wildman–Crippen MR) is 81.5 cm³/mol. The van der Waals surface area contributed by atoms with Crippen LogP contribution in [0.15, 0.2) is 42.5 Å². The third kappa shape index (κ3) is 2.68. The van der Waals surface area contributed by atoms with Gasteiger partial charge in [-0.15, -0.1) is 0 Å². The highest BCUT2D eigenvalue weighted by Crippen LogP contribution is 2.24. The van der Waals surface area contributed by atoms with Gasteiger partial charge in [0, 0.05) is 25.0 Å². The van der Waals surface area contributed by atoms with Crippen LogP contribution in [-0.4, -0.2) is 18.5 Å². The standard InChI is InChI=1S/C17H20N2O/c1-12(19-14-9-10-17(20)18-11-14)15-8-4-6-13-5-2-3-7-16(13)15/h2-8,12,14,19H,9-11H2,1H3,(H,18,20). The van der Waals surface area contributed by atoms with Gasteiger partial charge in [0.1, 0.15) is 0 Å². The maximum Gasteiger partial charge on any atom is 0.220 e. The van der Waals surface area contributed by atoms with Crippen LogP contribution in [0.5, 0.6) is 0 Å². The third-order valence-corrected chi connectivity index (χ3v) is 4.04. The second-order valence-electron chi connectivity index (χ2n) is 5.50. The first-order valence-corrected chi connectivity index (χ1v) is 7.24. The van der Waals surface area contributed by atoms with Gasteiger partial charge in [0.2, 0.25) is 5.91 Å². The maximum absolute atomic E-state index is 11.2. The Labute approximate surface area is 119 Å². The van der Waals surface area contributed by atoms with Gasteiger partial charge >= 0.3 is 0 Å². The van der Waals surface area contributed by atoms with E-state index in [-0.39, 0.29) is 11.9 Å². The molecule has 0 spiro atoms. The van der Waals surface area contributed by atoms with E-state index in [1.54, 1.807) is 0 Å². The number of nitrogens with one attached hydrogen (secondary N) is 2. The van der Waals surface area contributed by atoms with Gasteiger partial charge in [0.25, 0.3) is 0 Å². The van der Waals surface area contributed by atoms with E-state index in [1.807, 2.05) is 0 Å². The van der Waals surface area contributed by atoms with Crippen molar-refractivity contribution in [2.45, 2.75) is 31.8 Å². The van der Waals surface area contributed by atoms with Crippen molar-refractivity contribution in [1.29, 1.82) is 0 Å². The summed E-state index contributed by atoms with van der Waals surface area (Å²) in [7, 11) is 0. The minimum Gasteiger partial charge on any atom is -0.355 e. The number of carbonyl (C=O) groups excluding carboxylic acids is 1. The fourth-order valence-corrected chi connectivity index (χ4v) is 2.95. The number of hydrogen-bond donors (Lipinski definition) is 2. The molecule has 104 valence electrons. The average molecular weight is 268 g/mol. The summed E-state index contributed by atoms with van der Waals surface area (Å²) in [4.78, 5) is 11.2. The lowest BCUT2D eigenvalue weighted by molar-refractivity contribution is -0.122. The minimum atomic E-state index is 0.167. The average Bonchev–Trinajstić information content (AvgIpc) is 2.49. The molecule has 0 radical (unpaired) electrons. The van der Waals surface area contributed by atoms with Crippen LogP contribution in [0, 0.1) is 0 Å². The first-order valence-electron chi connectivity index (χ1n) is 7.24. The van der Waals surface area contributed by atoms with E-state index in [0.717, 1.165) is 13.0 Å². The number of fused-ring (bicyclic) bond motifs is 1. The van der Waals surface area contributed by atoms with Gasteiger partial charge in [-0.3, -0.25) is 4.79 Å². The van der Waals surface area contributed by atoms with Gasteiger partial charge in [-0.25, -0.2) is 0 Å². The molecule has 3 heteroatoms. The molecule has 1 amide bonds. The summed E-state index contributed by atoms with van der Waals surface area (Å²) in [5, 5.41) is 9.13. The zero-order valence-electron chi connectivity index (χ0n) is 11.7. The summed E-state index contributed by atoms with van der Waals surface area (Å²) < 4.78 is 0. The number of rotatable bonds is 3. The molecular weight excluding hydrogens is 248 g/mol. The van der Waals surface area contributed by atoms with Gasteiger partial charge in [-0.05, 0) is 29.7 Å². The van der Waals surface area contributed by atoms with Gasteiger partial charge in [-0.1, -0.05) is 42.5 Å². The highest BCUT2D eigenvalue weighted by molar-refractivity contribution is 5.86. The summed E-state index contributed by atoms with van der Waals surface area (Å²) in [5.41, 5.74) is 1.32. The largest absolute Gasteiger partial charge is 0.355 e. The Balaban J connectivity index is 1.78. The van der Waals surface area contributed by atoms with Crippen LogP contribution in [0.25, 0.3) is 10.8 Å². The normalized spacial score (nSPS) is 20.6. The Bertz CT molecular complexity index is 608. The zero-order valence-corrected chi connectivity index (χ0v) is 11.7. The highest BCUT2D eigenvalue weighted by atomic mass is 16.1. The van der Waals surface area contributed by atoms with Crippen molar-refractivity contribution >= 4 is 16.7 Å². The second kappa shape index (κ2) is 5.63. The van der Waals surface area contributed by atoms with Crippen LogP contribution < -0.4 is 10.6 Å². The molecule has 3 nitrogen and oxygen atoms in total. The summed E-state index contributed by atoms with van der Waals surface area (Å²) >= 11 is 0. The van der Waals surface area contributed by atoms with Gasteiger partial charge in [-0.2, -0.15) is 0 Å². The van der Waals surface area contributed by atoms with Gasteiger partial charge in [0.15, 0.2) is 0 Å². The van der Waals surface area contributed by atoms with E-state index in [0.29, 0.717) is 12.5 Å². The van der Waals surface area contributed by atoms with Gasteiger partial charge < -0.3 is 10.6 Å². The molecule has 2 atom stereocenters. The molecule has 1 saturated heterocycles. The summed E-state index contributed by atoms with van der Waals surface area (Å²) in [6.45, 7) is 2.92. The predicted octanol–water partition coefficient (Wildman–Crippen LogP) is 2.77. The summed E-state index contributed by atoms with van der Waals surface area (Å²) in [6, 6.07) is 15.5. The molecule has 0 aromatic heterocycles. The van der Waals surface area contributed by atoms with Crippen LogP contribution in [0.3, 0.4) is 0 Å². The van der Waals surface area contributed by atoms with E-state index >= 15 is 0 Å². The van der Waals surface area contributed by atoms with Gasteiger partial charge in [0.05, 0.1) is 0 Å². The van der Waals surface area contributed by atoms with Crippen molar-refractivity contribution in [2.24, 2.45) is 0 Å². The Hall–Kier alpha value is -1.87. The Kier molecular flexibility index (Phi) is 3.70. The molecule has 1 aliphatic rings. The van der Waals surface area contributed by atoms with Crippen LogP contribution >= 0.6 is 0 Å². The fourth-order valence-electron chi connectivity index (χ4n) is 2.95. The second-order valence-corrected chi connectivity index (χ2v) is 5.50. The molecule has 0 aliphatic carbocycles. The molecule has 2 N–H and O–H groups in total. The number of carbonyl (C=O) groups is 1. The van der Waals surface area contributed by atoms with E-state index in [1.165, 1.54) is 16.3 Å². The molecule has 1 heterocycles. The van der Waals surface area contributed by atoms with Crippen molar-refractivity contribution in [1.82, 2.24) is 10.6 Å². The molecule has 0 saturated carbocycles. The van der Waals surface area contributed by atoms with E-state index in [9.17, 15) is 4.79 Å².